The molecule has 1 atom stereocenters. The second-order valence-corrected chi connectivity index (χ2v) is 6.48. The molecule has 2 aromatic heterocycles. The molecule has 0 spiro atoms. The van der Waals surface area contributed by atoms with E-state index in [1.807, 2.05) is 11.5 Å². The van der Waals surface area contributed by atoms with Crippen molar-refractivity contribution in [2.24, 2.45) is 0 Å². The number of rotatable bonds is 6. The van der Waals surface area contributed by atoms with Crippen molar-refractivity contribution in [2.75, 3.05) is 12.8 Å². The lowest BCUT2D eigenvalue weighted by Gasteiger charge is -2.10. The topological polar surface area (TPSA) is 78.8 Å². The number of anilines is 1. The van der Waals surface area contributed by atoms with Gasteiger partial charge in [-0.05, 0) is 20.8 Å². The van der Waals surface area contributed by atoms with Crippen LogP contribution in [-0.2, 0) is 10.5 Å². The van der Waals surface area contributed by atoms with Crippen LogP contribution in [0.15, 0.2) is 10.5 Å². The maximum atomic E-state index is 5.82. The quantitative estimate of drug-likeness (QED) is 0.826. The van der Waals surface area contributed by atoms with Gasteiger partial charge in [0, 0.05) is 24.3 Å². The van der Waals surface area contributed by atoms with Crippen LogP contribution in [0.2, 0.25) is 0 Å². The lowest BCUT2D eigenvalue weighted by molar-refractivity contribution is 0.119. The van der Waals surface area contributed by atoms with Crippen molar-refractivity contribution in [3.63, 3.8) is 0 Å². The summed E-state index contributed by atoms with van der Waals surface area (Å²) in [6.07, 6.45) is 0.0358. The van der Waals surface area contributed by atoms with Gasteiger partial charge in [0.2, 0.25) is 5.95 Å². The first-order chi connectivity index (χ1) is 9.52. The average molecular weight is 313 g/mol. The van der Waals surface area contributed by atoms with E-state index in [1.165, 1.54) is 0 Å². The van der Waals surface area contributed by atoms with E-state index in [0.717, 1.165) is 21.6 Å². The molecule has 2 rings (SSSR count). The summed E-state index contributed by atoms with van der Waals surface area (Å²) in [6, 6.07) is 0.243. The summed E-state index contributed by atoms with van der Waals surface area (Å²) in [5, 5.41) is 11.9. The van der Waals surface area contributed by atoms with E-state index < -0.39 is 0 Å². The standard InChI is InChI=1S/C12H19N5OS2/c1-7(2)17-11(13)15-16-12(17)20-6-9-5-19-10(14-9)8(3)18-4/h5,7-8H,6H2,1-4H3,(H2,13,15)/t8-/m1/s1. The lowest BCUT2D eigenvalue weighted by Crippen LogP contribution is -2.07. The second kappa shape index (κ2) is 6.55. The molecule has 20 heavy (non-hydrogen) atoms. The van der Waals surface area contributed by atoms with Crippen LogP contribution in [0.1, 0.15) is 43.6 Å². The van der Waals surface area contributed by atoms with Gasteiger partial charge in [-0.3, -0.25) is 4.57 Å². The smallest absolute Gasteiger partial charge is 0.222 e. The molecule has 0 unspecified atom stereocenters. The monoisotopic (exact) mass is 313 g/mol. The zero-order valence-corrected chi connectivity index (χ0v) is 13.7. The number of thiazole rings is 1. The summed E-state index contributed by atoms with van der Waals surface area (Å²) in [5.74, 6) is 1.20. The van der Waals surface area contributed by atoms with Gasteiger partial charge in [0.1, 0.15) is 11.1 Å². The number of nitrogens with two attached hydrogens (primary N) is 1. The molecule has 2 N–H and O–H groups in total. The Kier molecular flexibility index (Phi) is 5.00. The highest BCUT2D eigenvalue weighted by molar-refractivity contribution is 7.98. The van der Waals surface area contributed by atoms with E-state index in [2.05, 4.69) is 34.4 Å². The molecule has 0 aliphatic rings. The second-order valence-electron chi connectivity index (χ2n) is 4.65. The fourth-order valence-electron chi connectivity index (χ4n) is 1.69. The first-order valence-electron chi connectivity index (χ1n) is 6.33. The summed E-state index contributed by atoms with van der Waals surface area (Å²) in [7, 11) is 1.69. The number of nitrogens with zero attached hydrogens (tertiary/aromatic N) is 4. The number of aromatic nitrogens is 4. The van der Waals surface area contributed by atoms with Gasteiger partial charge in [0.15, 0.2) is 5.16 Å². The Labute approximate surface area is 126 Å². The minimum Gasteiger partial charge on any atom is -0.375 e. The summed E-state index contributed by atoms with van der Waals surface area (Å²) < 4.78 is 7.19. The molecule has 110 valence electrons. The number of hydrogen-bond acceptors (Lipinski definition) is 7. The highest BCUT2D eigenvalue weighted by atomic mass is 32.2. The van der Waals surface area contributed by atoms with Crippen molar-refractivity contribution in [3.05, 3.63) is 16.1 Å². The Bertz CT molecular complexity index is 566. The maximum Gasteiger partial charge on any atom is 0.222 e. The Morgan fingerprint density at radius 3 is 2.80 bits per heavy atom. The van der Waals surface area contributed by atoms with Crippen LogP contribution in [-0.4, -0.2) is 26.9 Å². The predicted octanol–water partition coefficient (Wildman–Crippen LogP) is 2.90. The molecule has 0 bridgehead atoms. The molecular formula is C12H19N5OS2. The number of hydrogen-bond donors (Lipinski definition) is 1. The number of ether oxygens (including phenoxy) is 1. The highest BCUT2D eigenvalue weighted by Gasteiger charge is 2.14. The van der Waals surface area contributed by atoms with Crippen LogP contribution in [0.3, 0.4) is 0 Å². The van der Waals surface area contributed by atoms with E-state index in [9.17, 15) is 0 Å². The van der Waals surface area contributed by atoms with E-state index in [0.29, 0.717) is 5.95 Å². The maximum absolute atomic E-state index is 5.82. The first-order valence-corrected chi connectivity index (χ1v) is 8.19. The van der Waals surface area contributed by atoms with Crippen molar-refractivity contribution in [2.45, 2.75) is 43.8 Å². The van der Waals surface area contributed by atoms with Gasteiger partial charge in [0.05, 0.1) is 5.69 Å². The minimum absolute atomic E-state index is 0.0358. The predicted molar refractivity (Wildman–Crippen MR) is 81.9 cm³/mol. The van der Waals surface area contributed by atoms with Gasteiger partial charge in [0.25, 0.3) is 0 Å². The molecule has 0 saturated heterocycles. The number of thioether (sulfide) groups is 1. The highest BCUT2D eigenvalue weighted by Crippen LogP contribution is 2.27. The Morgan fingerprint density at radius 2 is 2.15 bits per heavy atom. The zero-order valence-electron chi connectivity index (χ0n) is 12.0. The third-order valence-electron chi connectivity index (χ3n) is 2.83. The first kappa shape index (κ1) is 15.3. The SMILES string of the molecule is CO[C@H](C)c1nc(CSc2nnc(N)n2C(C)C)cs1. The molecule has 0 fully saturated rings. The van der Waals surface area contributed by atoms with Crippen molar-refractivity contribution in [1.29, 1.82) is 0 Å². The zero-order chi connectivity index (χ0) is 14.7. The van der Waals surface area contributed by atoms with Crippen LogP contribution >= 0.6 is 23.1 Å². The third-order valence-corrected chi connectivity index (χ3v) is 4.86. The molecule has 0 amide bonds. The van der Waals surface area contributed by atoms with Gasteiger partial charge >= 0.3 is 0 Å². The fourth-order valence-corrected chi connectivity index (χ4v) is 3.61. The summed E-state index contributed by atoms with van der Waals surface area (Å²) in [6.45, 7) is 6.11. The molecule has 2 heterocycles. The van der Waals surface area contributed by atoms with Crippen molar-refractivity contribution < 1.29 is 4.74 Å². The Morgan fingerprint density at radius 1 is 1.40 bits per heavy atom. The van der Waals surface area contributed by atoms with Gasteiger partial charge in [-0.25, -0.2) is 4.98 Å². The van der Waals surface area contributed by atoms with Crippen LogP contribution in [0.5, 0.6) is 0 Å². The Hall–Kier alpha value is -1.12. The van der Waals surface area contributed by atoms with E-state index >= 15 is 0 Å². The van der Waals surface area contributed by atoms with Gasteiger partial charge in [-0.15, -0.1) is 21.5 Å². The summed E-state index contributed by atoms with van der Waals surface area (Å²) in [5.41, 5.74) is 6.84. The van der Waals surface area contributed by atoms with Gasteiger partial charge < -0.3 is 10.5 Å². The van der Waals surface area contributed by atoms with E-state index in [-0.39, 0.29) is 12.1 Å². The van der Waals surface area contributed by atoms with Crippen molar-refractivity contribution in [1.82, 2.24) is 19.7 Å². The number of nitrogen functional groups attached to an aromatic ring is 1. The van der Waals surface area contributed by atoms with Gasteiger partial charge in [-0.2, -0.15) is 0 Å². The van der Waals surface area contributed by atoms with Gasteiger partial charge in [-0.1, -0.05) is 11.8 Å². The van der Waals surface area contributed by atoms with Crippen molar-refractivity contribution >= 4 is 29.0 Å². The molecular weight excluding hydrogens is 294 g/mol. The van der Waals surface area contributed by atoms with Crippen LogP contribution in [0.4, 0.5) is 5.95 Å². The molecule has 0 saturated carbocycles. The summed E-state index contributed by atoms with van der Waals surface area (Å²) >= 11 is 3.21. The molecule has 6 nitrogen and oxygen atoms in total. The molecule has 0 aliphatic carbocycles. The Balaban J connectivity index is 2.04. The molecule has 8 heteroatoms. The van der Waals surface area contributed by atoms with Crippen LogP contribution in [0.25, 0.3) is 0 Å². The van der Waals surface area contributed by atoms with E-state index in [4.69, 9.17) is 10.5 Å². The third kappa shape index (κ3) is 3.31. The summed E-state index contributed by atoms with van der Waals surface area (Å²) in [4.78, 5) is 4.56. The molecule has 0 aromatic carbocycles. The van der Waals surface area contributed by atoms with Crippen LogP contribution < -0.4 is 5.73 Å². The van der Waals surface area contributed by atoms with E-state index in [1.54, 1.807) is 30.2 Å². The largest absolute Gasteiger partial charge is 0.375 e. The number of methoxy groups -OCH3 is 1. The lowest BCUT2D eigenvalue weighted by atomic mass is 10.4. The normalized spacial score (nSPS) is 13.1. The average Bonchev–Trinajstić information content (AvgIpc) is 3.02. The van der Waals surface area contributed by atoms with Crippen LogP contribution in [0, 0.1) is 0 Å². The molecule has 0 aliphatic heterocycles. The minimum atomic E-state index is 0.0358. The van der Waals surface area contributed by atoms with Crippen molar-refractivity contribution in [3.8, 4) is 0 Å². The molecule has 2 aromatic rings. The molecule has 0 radical (unpaired) electrons. The fraction of sp³-hybridized carbons (Fsp3) is 0.583.